The molecule has 0 amide bonds. The summed E-state index contributed by atoms with van der Waals surface area (Å²) in [5.74, 6) is 1.88. The largest absolute Gasteiger partial charge is 0.493 e. The number of nitrogens with zero attached hydrogens (tertiary/aromatic N) is 2. The van der Waals surface area contributed by atoms with Gasteiger partial charge >= 0.3 is 0 Å². The van der Waals surface area contributed by atoms with Crippen molar-refractivity contribution >= 4 is 10.9 Å². The number of benzene rings is 1. The lowest BCUT2D eigenvalue weighted by Gasteiger charge is -2.31. The first-order valence-corrected chi connectivity index (χ1v) is 10.0. The summed E-state index contributed by atoms with van der Waals surface area (Å²) in [4.78, 5) is 0. The summed E-state index contributed by atoms with van der Waals surface area (Å²) < 4.78 is 31.6. The van der Waals surface area contributed by atoms with Crippen LogP contribution in [0.25, 0.3) is 5.69 Å². The third kappa shape index (κ3) is 5.31. The number of hydrogen-bond donors (Lipinski definition) is 2. The first-order valence-electron chi connectivity index (χ1n) is 8.83. The van der Waals surface area contributed by atoms with Gasteiger partial charge in [0.2, 0.25) is 10.9 Å². The molecule has 1 heterocycles. The van der Waals surface area contributed by atoms with Crippen LogP contribution in [0.3, 0.4) is 0 Å². The lowest BCUT2D eigenvalue weighted by Crippen LogP contribution is -2.28. The molecule has 1 aromatic heterocycles. The van der Waals surface area contributed by atoms with Gasteiger partial charge < -0.3 is 4.74 Å². The van der Waals surface area contributed by atoms with E-state index < -0.39 is 10.9 Å². The first kappa shape index (κ1) is 17.9. The maximum Gasteiger partial charge on any atom is 0.201 e. The molecular weight excluding hydrogens is 338 g/mol. The molecule has 7 heteroatoms. The summed E-state index contributed by atoms with van der Waals surface area (Å²) in [5, 5.41) is 4.21. The summed E-state index contributed by atoms with van der Waals surface area (Å²) in [5.41, 5.74) is 1.01. The van der Waals surface area contributed by atoms with Crippen molar-refractivity contribution in [2.24, 2.45) is 11.8 Å². The second-order valence-electron chi connectivity index (χ2n) is 6.51. The molecule has 25 heavy (non-hydrogen) atoms. The Morgan fingerprint density at radius 2 is 1.92 bits per heavy atom. The summed E-state index contributed by atoms with van der Waals surface area (Å²) >= 11 is 0. The fourth-order valence-corrected chi connectivity index (χ4v) is 3.86. The van der Waals surface area contributed by atoms with Crippen LogP contribution in [0.2, 0.25) is 0 Å². The van der Waals surface area contributed by atoms with Gasteiger partial charge in [0, 0.05) is 18.9 Å². The maximum atomic E-state index is 10.6. The van der Waals surface area contributed by atoms with Crippen LogP contribution in [0.4, 0.5) is 0 Å². The zero-order valence-corrected chi connectivity index (χ0v) is 15.1. The van der Waals surface area contributed by atoms with Crippen LogP contribution in [-0.2, 0) is 10.9 Å². The molecule has 1 N–H and O–H groups in total. The Labute approximate surface area is 150 Å². The molecule has 2 atom stereocenters. The Hall–Kier alpha value is -1.86. The average Bonchev–Trinajstić information content (AvgIpc) is 3.16. The van der Waals surface area contributed by atoms with Crippen LogP contribution in [0, 0.1) is 11.8 Å². The molecule has 0 bridgehead atoms. The fraction of sp³-hybridized carbons (Fsp3) is 0.500. The molecule has 2 aromatic rings. The molecule has 1 aromatic carbocycles. The van der Waals surface area contributed by atoms with Crippen molar-refractivity contribution in [1.29, 1.82) is 0 Å². The normalized spacial score (nSPS) is 20.7. The second-order valence-corrected chi connectivity index (χ2v) is 7.34. The first-order chi connectivity index (χ1) is 12.2. The van der Waals surface area contributed by atoms with Crippen LogP contribution in [0.1, 0.15) is 32.1 Å². The Bertz CT molecular complexity index is 706. The van der Waals surface area contributed by atoms with Crippen LogP contribution in [0.15, 0.2) is 42.7 Å². The van der Waals surface area contributed by atoms with Crippen LogP contribution >= 0.6 is 0 Å². The van der Waals surface area contributed by atoms with Crippen molar-refractivity contribution in [2.75, 3.05) is 13.2 Å². The highest BCUT2D eigenvalue weighted by molar-refractivity contribution is 7.70. The van der Waals surface area contributed by atoms with E-state index in [9.17, 15) is 8.42 Å². The van der Waals surface area contributed by atoms with E-state index in [4.69, 9.17) is 4.74 Å². The molecule has 1 fully saturated rings. The van der Waals surface area contributed by atoms with E-state index in [1.54, 1.807) is 6.20 Å². The molecule has 1 saturated carbocycles. The lowest BCUT2D eigenvalue weighted by atomic mass is 9.78. The maximum absolute atomic E-state index is 10.6. The quantitative estimate of drug-likeness (QED) is 0.707. The number of nitrogens with one attached hydrogen (secondary N) is 1. The fourth-order valence-electron chi connectivity index (χ4n) is 3.55. The summed E-state index contributed by atoms with van der Waals surface area (Å²) in [6, 6.07) is 9.83. The van der Waals surface area contributed by atoms with E-state index in [2.05, 4.69) is 9.82 Å². The minimum Gasteiger partial charge on any atom is -0.493 e. The molecule has 0 saturated heterocycles. The third-order valence-corrected chi connectivity index (χ3v) is 5.37. The Morgan fingerprint density at radius 3 is 2.60 bits per heavy atom. The lowest BCUT2D eigenvalue weighted by molar-refractivity contribution is 0.143. The number of hydrogen-bond acceptors (Lipinski definition) is 4. The van der Waals surface area contributed by atoms with Gasteiger partial charge in [-0.2, -0.15) is 5.10 Å². The van der Waals surface area contributed by atoms with Crippen molar-refractivity contribution in [3.05, 3.63) is 42.7 Å². The molecule has 6 nitrogen and oxygen atoms in total. The van der Waals surface area contributed by atoms with E-state index >= 15 is 0 Å². The Kier molecular flexibility index (Phi) is 6.47. The highest BCUT2D eigenvalue weighted by Crippen LogP contribution is 2.32. The van der Waals surface area contributed by atoms with E-state index in [0.29, 0.717) is 25.0 Å². The average molecular weight is 363 g/mol. The minimum atomic E-state index is -2.49. The predicted molar refractivity (Wildman–Crippen MR) is 97.4 cm³/mol. The third-order valence-electron chi connectivity index (χ3n) is 4.89. The predicted octanol–water partition coefficient (Wildman–Crippen LogP) is 2.56. The van der Waals surface area contributed by atoms with E-state index in [1.165, 1.54) is 12.8 Å². The number of aromatic nitrogens is 2. The zero-order chi connectivity index (χ0) is 17.5. The molecule has 0 spiro atoms. The van der Waals surface area contributed by atoms with Gasteiger partial charge in [-0.1, -0.05) is 19.3 Å². The molecule has 2 unspecified atom stereocenters. The number of thiol groups is 1. The standard InChI is InChI=1S/C18H25N3O3S/c22-25(23)20-12-10-15-4-1-2-5-16(15)14-24-18-8-6-17(7-9-18)21-13-3-11-19-21/h3,6-9,11,13,15-16,25H,1-2,4-5,10,12,14H2,(H,20,22,23). The SMILES string of the molecule is O=[SH](=O)NCCC1CCCCC1COc1ccc(-n2cccn2)cc1. The van der Waals surface area contributed by atoms with Gasteiger partial charge in [-0.05, 0) is 55.0 Å². The molecule has 0 aliphatic heterocycles. The molecule has 136 valence electrons. The van der Waals surface area contributed by atoms with E-state index in [-0.39, 0.29) is 0 Å². The van der Waals surface area contributed by atoms with Crippen molar-refractivity contribution in [3.63, 3.8) is 0 Å². The Balaban J connectivity index is 1.52. The van der Waals surface area contributed by atoms with Gasteiger partial charge in [-0.15, -0.1) is 0 Å². The van der Waals surface area contributed by atoms with Crippen molar-refractivity contribution in [1.82, 2.24) is 14.5 Å². The highest BCUT2D eigenvalue weighted by Gasteiger charge is 2.25. The monoisotopic (exact) mass is 363 g/mol. The molecule has 1 aliphatic carbocycles. The summed E-state index contributed by atoms with van der Waals surface area (Å²) in [7, 11) is -2.49. The zero-order valence-electron chi connectivity index (χ0n) is 14.2. The minimum absolute atomic E-state index is 0.492. The van der Waals surface area contributed by atoms with Crippen LogP contribution < -0.4 is 9.46 Å². The van der Waals surface area contributed by atoms with Crippen molar-refractivity contribution in [3.8, 4) is 11.4 Å². The topological polar surface area (TPSA) is 73.2 Å². The van der Waals surface area contributed by atoms with E-state index in [0.717, 1.165) is 30.7 Å². The van der Waals surface area contributed by atoms with Crippen LogP contribution in [-0.4, -0.2) is 31.3 Å². The second kappa shape index (κ2) is 9.01. The number of rotatable bonds is 8. The highest BCUT2D eigenvalue weighted by atomic mass is 32.2. The van der Waals surface area contributed by atoms with E-state index in [1.807, 2.05) is 41.2 Å². The molecule has 3 rings (SSSR count). The Morgan fingerprint density at radius 1 is 1.16 bits per heavy atom. The van der Waals surface area contributed by atoms with Crippen LogP contribution in [0.5, 0.6) is 5.75 Å². The molecule has 1 aliphatic rings. The van der Waals surface area contributed by atoms with Gasteiger partial charge in [0.15, 0.2) is 0 Å². The van der Waals surface area contributed by atoms with Gasteiger partial charge in [0.25, 0.3) is 0 Å². The van der Waals surface area contributed by atoms with Gasteiger partial charge in [0.05, 0.1) is 12.3 Å². The summed E-state index contributed by atoms with van der Waals surface area (Å²) in [6.45, 7) is 1.22. The van der Waals surface area contributed by atoms with Gasteiger partial charge in [0.1, 0.15) is 5.75 Å². The smallest absolute Gasteiger partial charge is 0.201 e. The van der Waals surface area contributed by atoms with Gasteiger partial charge in [-0.25, -0.2) is 17.8 Å². The number of ether oxygens (including phenoxy) is 1. The van der Waals surface area contributed by atoms with Gasteiger partial charge in [-0.3, -0.25) is 0 Å². The van der Waals surface area contributed by atoms with Crippen molar-refractivity contribution in [2.45, 2.75) is 32.1 Å². The van der Waals surface area contributed by atoms with Crippen molar-refractivity contribution < 1.29 is 13.2 Å². The molecular formula is C18H25N3O3S. The molecule has 0 radical (unpaired) electrons. The summed E-state index contributed by atoms with van der Waals surface area (Å²) in [6.07, 6.45) is 9.31.